The molecule has 0 saturated heterocycles. The standard InChI is InChI=1S/C53H33N5/c1-3-13-34(14-4-1)36-23-27-38(28-24-36)45-33-46(39-29-25-37(26-30-39)35-15-5-2-6-16-35)56-53(55-45)57-47-21-11-9-19-43(47)50-49(57)32-31-41-40-17-7-8-18-42(40)52-54-44-20-10-12-22-48(44)58(52)51(41)50/h1-33H. The Balaban J connectivity index is 1.14. The Morgan fingerprint density at radius 1 is 0.328 bits per heavy atom. The van der Waals surface area contributed by atoms with Crippen LogP contribution in [0.2, 0.25) is 0 Å². The molecular weight excluding hydrogens is 707 g/mol. The van der Waals surface area contributed by atoms with Crippen molar-refractivity contribution < 1.29 is 0 Å². The maximum atomic E-state index is 5.40. The third-order valence-corrected chi connectivity index (χ3v) is 11.5. The number of hydrogen-bond donors (Lipinski definition) is 0. The molecule has 4 aromatic heterocycles. The van der Waals surface area contributed by atoms with Crippen molar-refractivity contribution >= 4 is 60.2 Å². The monoisotopic (exact) mass is 739 g/mol. The average molecular weight is 740 g/mol. The summed E-state index contributed by atoms with van der Waals surface area (Å²) < 4.78 is 4.60. The maximum absolute atomic E-state index is 5.40. The van der Waals surface area contributed by atoms with E-state index in [0.717, 1.165) is 83.0 Å². The molecule has 0 spiro atoms. The zero-order valence-corrected chi connectivity index (χ0v) is 31.3. The van der Waals surface area contributed by atoms with Crippen LogP contribution in [0.5, 0.6) is 0 Å². The van der Waals surface area contributed by atoms with Crippen molar-refractivity contribution in [1.82, 2.24) is 23.9 Å². The van der Waals surface area contributed by atoms with E-state index in [1.807, 2.05) is 12.1 Å². The van der Waals surface area contributed by atoms with E-state index >= 15 is 0 Å². The van der Waals surface area contributed by atoms with Gasteiger partial charge in [-0.25, -0.2) is 15.0 Å². The van der Waals surface area contributed by atoms with Crippen LogP contribution >= 0.6 is 0 Å². The molecule has 0 aliphatic carbocycles. The van der Waals surface area contributed by atoms with Crippen LogP contribution in [0.4, 0.5) is 0 Å². The van der Waals surface area contributed by atoms with E-state index in [-0.39, 0.29) is 0 Å². The quantitative estimate of drug-likeness (QED) is 0.165. The van der Waals surface area contributed by atoms with Crippen LogP contribution in [0.15, 0.2) is 200 Å². The van der Waals surface area contributed by atoms with E-state index in [1.54, 1.807) is 0 Å². The minimum Gasteiger partial charge on any atom is -0.291 e. The zero-order valence-electron chi connectivity index (χ0n) is 31.3. The molecule has 0 N–H and O–H groups in total. The van der Waals surface area contributed by atoms with Crippen molar-refractivity contribution in [3.8, 4) is 50.7 Å². The van der Waals surface area contributed by atoms with Gasteiger partial charge in [0.2, 0.25) is 5.95 Å². The number of benzene rings is 8. The summed E-state index contributed by atoms with van der Waals surface area (Å²) in [5.41, 5.74) is 14.6. The van der Waals surface area contributed by atoms with Gasteiger partial charge in [-0.05, 0) is 58.0 Å². The number of imidazole rings is 1. The number of rotatable bonds is 5. The molecule has 0 radical (unpaired) electrons. The second-order valence-corrected chi connectivity index (χ2v) is 14.8. The van der Waals surface area contributed by atoms with Crippen LogP contribution in [0.3, 0.4) is 0 Å². The van der Waals surface area contributed by atoms with Gasteiger partial charge in [-0.1, -0.05) is 170 Å². The normalized spacial score (nSPS) is 11.8. The summed E-state index contributed by atoms with van der Waals surface area (Å²) in [5.74, 6) is 0.616. The number of pyridine rings is 1. The zero-order chi connectivity index (χ0) is 38.2. The SMILES string of the molecule is c1ccc(-c2ccc(-c3cc(-c4ccc(-c5ccccc5)cc4)nc(-n4c5ccccc5c5c4ccc4c6ccccc6c6nc7ccccc7n6c45)n3)cc2)cc1. The first-order chi connectivity index (χ1) is 28.8. The molecule has 4 heterocycles. The Morgan fingerprint density at radius 2 is 0.828 bits per heavy atom. The molecule has 0 unspecified atom stereocenters. The molecule has 0 bridgehead atoms. The van der Waals surface area contributed by atoms with Gasteiger partial charge in [0.15, 0.2) is 0 Å². The average Bonchev–Trinajstić information content (AvgIpc) is 3.86. The molecule has 58 heavy (non-hydrogen) atoms. The number of aromatic nitrogens is 5. The van der Waals surface area contributed by atoms with E-state index in [9.17, 15) is 0 Å². The highest BCUT2D eigenvalue weighted by molar-refractivity contribution is 6.26. The lowest BCUT2D eigenvalue weighted by atomic mass is 10.0. The fourth-order valence-corrected chi connectivity index (χ4v) is 8.81. The van der Waals surface area contributed by atoms with Crippen molar-refractivity contribution in [2.45, 2.75) is 0 Å². The van der Waals surface area contributed by atoms with Gasteiger partial charge in [0.1, 0.15) is 5.65 Å². The van der Waals surface area contributed by atoms with E-state index in [0.29, 0.717) is 5.95 Å². The molecule has 8 aromatic carbocycles. The molecule has 0 aliphatic rings. The van der Waals surface area contributed by atoms with Crippen molar-refractivity contribution in [3.63, 3.8) is 0 Å². The smallest absolute Gasteiger partial charge is 0.235 e. The molecule has 0 atom stereocenters. The summed E-state index contributed by atoms with van der Waals surface area (Å²) in [6, 6.07) is 70.7. The second kappa shape index (κ2) is 12.8. The fourth-order valence-electron chi connectivity index (χ4n) is 8.81. The topological polar surface area (TPSA) is 48.0 Å². The van der Waals surface area contributed by atoms with Crippen LogP contribution in [0, 0.1) is 0 Å². The molecular formula is C53H33N5. The molecule has 0 aliphatic heterocycles. The second-order valence-electron chi connectivity index (χ2n) is 14.8. The predicted octanol–water partition coefficient (Wildman–Crippen LogP) is 13.3. The van der Waals surface area contributed by atoms with Gasteiger partial charge >= 0.3 is 0 Å². The maximum Gasteiger partial charge on any atom is 0.235 e. The highest BCUT2D eigenvalue weighted by Gasteiger charge is 2.22. The summed E-state index contributed by atoms with van der Waals surface area (Å²) in [4.78, 5) is 16.0. The Labute approximate surface area is 333 Å². The van der Waals surface area contributed by atoms with E-state index in [2.05, 4.69) is 197 Å². The summed E-state index contributed by atoms with van der Waals surface area (Å²) in [6.45, 7) is 0. The molecule has 12 rings (SSSR count). The fraction of sp³-hybridized carbons (Fsp3) is 0. The minimum absolute atomic E-state index is 0.616. The summed E-state index contributed by atoms with van der Waals surface area (Å²) in [6.07, 6.45) is 0. The van der Waals surface area contributed by atoms with E-state index < -0.39 is 0 Å². The Hall–Kier alpha value is -7.89. The van der Waals surface area contributed by atoms with Crippen molar-refractivity contribution in [2.24, 2.45) is 0 Å². The van der Waals surface area contributed by atoms with Crippen LogP contribution in [0.25, 0.3) is 111 Å². The highest BCUT2D eigenvalue weighted by Crippen LogP contribution is 2.41. The van der Waals surface area contributed by atoms with Gasteiger partial charge in [0.25, 0.3) is 0 Å². The van der Waals surface area contributed by atoms with E-state index in [4.69, 9.17) is 15.0 Å². The number of hydrogen-bond acceptors (Lipinski definition) is 3. The first-order valence-electron chi connectivity index (χ1n) is 19.6. The largest absolute Gasteiger partial charge is 0.291 e. The van der Waals surface area contributed by atoms with Gasteiger partial charge < -0.3 is 0 Å². The first-order valence-corrected chi connectivity index (χ1v) is 19.6. The molecule has 270 valence electrons. The highest BCUT2D eigenvalue weighted by atomic mass is 15.2. The van der Waals surface area contributed by atoms with Gasteiger partial charge in [-0.15, -0.1) is 0 Å². The van der Waals surface area contributed by atoms with Gasteiger partial charge in [0, 0.05) is 32.7 Å². The number of para-hydroxylation sites is 3. The van der Waals surface area contributed by atoms with Crippen LogP contribution in [-0.4, -0.2) is 23.9 Å². The molecule has 5 heteroatoms. The lowest BCUT2D eigenvalue weighted by molar-refractivity contribution is 0.996. The predicted molar refractivity (Wildman–Crippen MR) is 239 cm³/mol. The van der Waals surface area contributed by atoms with Gasteiger partial charge in [-0.2, -0.15) is 0 Å². The molecule has 0 saturated carbocycles. The summed E-state index contributed by atoms with van der Waals surface area (Å²) in [7, 11) is 0. The molecule has 0 amide bonds. The molecule has 12 aromatic rings. The van der Waals surface area contributed by atoms with Crippen molar-refractivity contribution in [1.29, 1.82) is 0 Å². The van der Waals surface area contributed by atoms with Crippen LogP contribution in [-0.2, 0) is 0 Å². The van der Waals surface area contributed by atoms with Crippen LogP contribution < -0.4 is 0 Å². The lowest BCUT2D eigenvalue weighted by Gasteiger charge is -2.13. The van der Waals surface area contributed by atoms with E-state index in [1.165, 1.54) is 21.9 Å². The Morgan fingerprint density at radius 3 is 1.47 bits per heavy atom. The lowest BCUT2D eigenvalue weighted by Crippen LogP contribution is -2.04. The third kappa shape index (κ3) is 5.00. The Bertz CT molecular complexity index is 3430. The van der Waals surface area contributed by atoms with Crippen molar-refractivity contribution in [2.75, 3.05) is 0 Å². The first kappa shape index (κ1) is 32.4. The summed E-state index contributed by atoms with van der Waals surface area (Å²) >= 11 is 0. The number of nitrogens with zero attached hydrogens (tertiary/aromatic N) is 5. The molecule has 0 fully saturated rings. The van der Waals surface area contributed by atoms with Gasteiger partial charge in [-0.3, -0.25) is 8.97 Å². The van der Waals surface area contributed by atoms with Crippen molar-refractivity contribution in [3.05, 3.63) is 200 Å². The Kier molecular flexibility index (Phi) is 7.16. The summed E-state index contributed by atoms with van der Waals surface area (Å²) in [5, 5.41) is 5.76. The van der Waals surface area contributed by atoms with Crippen LogP contribution in [0.1, 0.15) is 0 Å². The third-order valence-electron chi connectivity index (χ3n) is 11.5. The van der Waals surface area contributed by atoms with Gasteiger partial charge in [0.05, 0.1) is 39.0 Å². The number of fused-ring (bicyclic) bond motifs is 12. The minimum atomic E-state index is 0.616. The molecule has 5 nitrogen and oxygen atoms in total.